The highest BCUT2D eigenvalue weighted by Gasteiger charge is 2.43. The van der Waals surface area contributed by atoms with Crippen LogP contribution in [0.1, 0.15) is 12.0 Å². The Bertz CT molecular complexity index is 565. The number of rotatable bonds is 3. The smallest absolute Gasteiger partial charge is 0.331 e. The van der Waals surface area contributed by atoms with Crippen molar-refractivity contribution in [3.8, 4) is 6.07 Å². The maximum Gasteiger partial charge on any atom is 0.331 e. The van der Waals surface area contributed by atoms with Crippen molar-refractivity contribution in [1.29, 1.82) is 5.26 Å². The molecule has 5 nitrogen and oxygen atoms in total. The van der Waals surface area contributed by atoms with Gasteiger partial charge in [-0.1, -0.05) is 0 Å². The Balaban J connectivity index is 2.36. The van der Waals surface area contributed by atoms with Crippen LogP contribution < -0.4 is 5.32 Å². The van der Waals surface area contributed by atoms with Crippen molar-refractivity contribution in [3.05, 3.63) is 28.0 Å². The number of carboxylic acid groups (broad SMARTS) is 1. The Labute approximate surface area is 117 Å². The summed E-state index contributed by atoms with van der Waals surface area (Å²) in [4.78, 5) is 11.3. The molecule has 2 rings (SSSR count). The average Bonchev–Trinajstić information content (AvgIpc) is 2.85. The van der Waals surface area contributed by atoms with Crippen molar-refractivity contribution in [3.63, 3.8) is 0 Å². The fourth-order valence-electron chi connectivity index (χ4n) is 1.88. The lowest BCUT2D eigenvalue weighted by atomic mass is 9.98. The number of carbonyl (C=O) groups is 1. The summed E-state index contributed by atoms with van der Waals surface area (Å²) in [6.45, 7) is 0.276. The topological polar surface area (TPSA) is 82.4 Å². The highest BCUT2D eigenvalue weighted by atomic mass is 79.9. The van der Waals surface area contributed by atoms with Crippen molar-refractivity contribution < 1.29 is 19.0 Å². The maximum absolute atomic E-state index is 14.0. The van der Waals surface area contributed by atoms with Gasteiger partial charge < -0.3 is 15.2 Å². The van der Waals surface area contributed by atoms with E-state index in [0.717, 1.165) is 0 Å². The molecule has 100 valence electrons. The van der Waals surface area contributed by atoms with Gasteiger partial charge in [0.25, 0.3) is 0 Å². The molecule has 0 amide bonds. The number of nitrogens with one attached hydrogen (secondary N) is 1. The molecule has 1 aromatic carbocycles. The summed E-state index contributed by atoms with van der Waals surface area (Å²) >= 11 is 2.98. The molecule has 1 fully saturated rings. The van der Waals surface area contributed by atoms with Gasteiger partial charge in [-0.25, -0.2) is 9.18 Å². The number of hydrogen-bond acceptors (Lipinski definition) is 4. The van der Waals surface area contributed by atoms with Crippen LogP contribution in [0.25, 0.3) is 0 Å². The van der Waals surface area contributed by atoms with Crippen LogP contribution >= 0.6 is 15.9 Å². The summed E-state index contributed by atoms with van der Waals surface area (Å²) in [6, 6.07) is 4.60. The Morgan fingerprint density at radius 3 is 2.89 bits per heavy atom. The maximum atomic E-state index is 14.0. The van der Waals surface area contributed by atoms with Crippen molar-refractivity contribution in [2.24, 2.45) is 0 Å². The van der Waals surface area contributed by atoms with Gasteiger partial charge in [0.15, 0.2) is 11.4 Å². The van der Waals surface area contributed by atoms with E-state index in [0.29, 0.717) is 6.61 Å². The number of aliphatic carboxylic acids is 1. The standard InChI is InChI=1S/C12H10BrFN2O3/c13-9-7(5-15)1-2-8(10(9)14)16-12(11(17)18)3-4-19-6-12/h1-2,16H,3-4,6H2,(H,17,18). The van der Waals surface area contributed by atoms with Crippen molar-refractivity contribution in [2.75, 3.05) is 18.5 Å². The Morgan fingerprint density at radius 2 is 2.37 bits per heavy atom. The van der Waals surface area contributed by atoms with E-state index in [4.69, 9.17) is 10.00 Å². The molecule has 1 atom stereocenters. The third-order valence-electron chi connectivity index (χ3n) is 3.01. The summed E-state index contributed by atoms with van der Waals surface area (Å²) in [5.41, 5.74) is -1.15. The lowest BCUT2D eigenvalue weighted by molar-refractivity contribution is -0.142. The lowest BCUT2D eigenvalue weighted by Crippen LogP contribution is -2.47. The SMILES string of the molecule is N#Cc1ccc(NC2(C(=O)O)CCOC2)c(F)c1Br. The Hall–Kier alpha value is -1.65. The van der Waals surface area contributed by atoms with E-state index in [1.54, 1.807) is 0 Å². The fourth-order valence-corrected chi connectivity index (χ4v) is 2.31. The van der Waals surface area contributed by atoms with Gasteiger partial charge in [0.05, 0.1) is 22.3 Å². The van der Waals surface area contributed by atoms with Crippen LogP contribution in [0.3, 0.4) is 0 Å². The minimum Gasteiger partial charge on any atom is -0.479 e. The summed E-state index contributed by atoms with van der Waals surface area (Å²) in [6.07, 6.45) is 0.249. The fraction of sp³-hybridized carbons (Fsp3) is 0.333. The van der Waals surface area contributed by atoms with Crippen molar-refractivity contribution in [2.45, 2.75) is 12.0 Å². The zero-order valence-electron chi connectivity index (χ0n) is 9.74. The van der Waals surface area contributed by atoms with Crippen LogP contribution in [0.5, 0.6) is 0 Å². The van der Waals surface area contributed by atoms with Gasteiger partial charge in [0.1, 0.15) is 6.07 Å². The highest BCUT2D eigenvalue weighted by molar-refractivity contribution is 9.10. The molecule has 0 spiro atoms. The number of anilines is 1. The second-order valence-corrected chi connectivity index (χ2v) is 5.01. The Kier molecular flexibility index (Phi) is 3.73. The zero-order valence-corrected chi connectivity index (χ0v) is 11.3. The van der Waals surface area contributed by atoms with E-state index in [1.807, 2.05) is 6.07 Å². The van der Waals surface area contributed by atoms with Gasteiger partial charge in [-0.05, 0) is 28.1 Å². The van der Waals surface area contributed by atoms with E-state index in [-0.39, 0.29) is 28.8 Å². The van der Waals surface area contributed by atoms with E-state index in [1.165, 1.54) is 12.1 Å². The number of halogens is 2. The van der Waals surface area contributed by atoms with Gasteiger partial charge in [-0.3, -0.25) is 0 Å². The monoisotopic (exact) mass is 328 g/mol. The lowest BCUT2D eigenvalue weighted by Gasteiger charge is -2.25. The molecule has 0 bridgehead atoms. The summed E-state index contributed by atoms with van der Waals surface area (Å²) in [5.74, 6) is -1.78. The van der Waals surface area contributed by atoms with Crippen LogP contribution in [0.15, 0.2) is 16.6 Å². The molecule has 1 aliphatic rings. The largest absolute Gasteiger partial charge is 0.479 e. The van der Waals surface area contributed by atoms with Crippen LogP contribution in [0.4, 0.5) is 10.1 Å². The molecule has 0 aliphatic carbocycles. The first kappa shape index (κ1) is 13.8. The number of benzene rings is 1. The van der Waals surface area contributed by atoms with E-state index in [2.05, 4.69) is 21.2 Å². The second kappa shape index (κ2) is 5.15. The normalized spacial score (nSPS) is 21.9. The van der Waals surface area contributed by atoms with Gasteiger partial charge in [0.2, 0.25) is 0 Å². The van der Waals surface area contributed by atoms with Gasteiger partial charge in [-0.15, -0.1) is 0 Å². The predicted molar refractivity (Wildman–Crippen MR) is 68.2 cm³/mol. The quantitative estimate of drug-likeness (QED) is 0.888. The number of nitrogens with zero attached hydrogens (tertiary/aromatic N) is 1. The molecule has 19 heavy (non-hydrogen) atoms. The molecular formula is C12H10BrFN2O3. The Morgan fingerprint density at radius 1 is 1.63 bits per heavy atom. The van der Waals surface area contributed by atoms with Crippen molar-refractivity contribution >= 4 is 27.6 Å². The molecule has 2 N–H and O–H groups in total. The van der Waals surface area contributed by atoms with Crippen LogP contribution in [-0.2, 0) is 9.53 Å². The number of carboxylic acids is 1. The number of ether oxygens (including phenoxy) is 1. The molecule has 0 saturated carbocycles. The highest BCUT2D eigenvalue weighted by Crippen LogP contribution is 2.31. The first-order valence-electron chi connectivity index (χ1n) is 5.47. The third kappa shape index (κ3) is 2.41. The predicted octanol–water partition coefficient (Wildman–Crippen LogP) is 2.12. The molecular weight excluding hydrogens is 319 g/mol. The third-order valence-corrected chi connectivity index (χ3v) is 3.78. The first-order valence-corrected chi connectivity index (χ1v) is 6.27. The van der Waals surface area contributed by atoms with E-state index >= 15 is 0 Å². The minimum absolute atomic E-state index is 0.0134. The van der Waals surface area contributed by atoms with Gasteiger partial charge in [0, 0.05) is 13.0 Å². The zero-order chi connectivity index (χ0) is 14.0. The number of nitriles is 1. The molecule has 0 aromatic heterocycles. The molecule has 7 heteroatoms. The van der Waals surface area contributed by atoms with E-state index in [9.17, 15) is 14.3 Å². The van der Waals surface area contributed by atoms with Gasteiger partial charge >= 0.3 is 5.97 Å². The molecule has 1 aliphatic heterocycles. The first-order chi connectivity index (χ1) is 9.00. The van der Waals surface area contributed by atoms with Crippen LogP contribution in [0.2, 0.25) is 0 Å². The molecule has 1 saturated heterocycles. The van der Waals surface area contributed by atoms with Gasteiger partial charge in [-0.2, -0.15) is 5.26 Å². The van der Waals surface area contributed by atoms with E-state index < -0.39 is 17.3 Å². The molecule has 1 unspecified atom stereocenters. The summed E-state index contributed by atoms with van der Waals surface area (Å²) in [7, 11) is 0. The van der Waals surface area contributed by atoms with Crippen LogP contribution in [-0.4, -0.2) is 29.8 Å². The second-order valence-electron chi connectivity index (χ2n) is 4.22. The summed E-state index contributed by atoms with van der Waals surface area (Å²) in [5, 5.41) is 20.7. The molecule has 1 heterocycles. The number of hydrogen-bond donors (Lipinski definition) is 2. The van der Waals surface area contributed by atoms with Crippen LogP contribution in [0, 0.1) is 17.1 Å². The minimum atomic E-state index is -1.32. The average molecular weight is 329 g/mol. The molecule has 1 aromatic rings. The van der Waals surface area contributed by atoms with Crippen molar-refractivity contribution in [1.82, 2.24) is 0 Å². The summed E-state index contributed by atoms with van der Waals surface area (Å²) < 4.78 is 19.1. The molecule has 0 radical (unpaired) electrons.